The highest BCUT2D eigenvalue weighted by atomic mass is 16.6. The highest BCUT2D eigenvalue weighted by Gasteiger charge is 2.33. The molecule has 0 aliphatic carbocycles. The molecule has 1 atom stereocenters. The predicted molar refractivity (Wildman–Crippen MR) is 125 cm³/mol. The highest BCUT2D eigenvalue weighted by molar-refractivity contribution is 5.95. The van der Waals surface area contributed by atoms with Crippen LogP contribution in [0.5, 0.6) is 17.4 Å². The molecule has 0 radical (unpaired) electrons. The smallest absolute Gasteiger partial charge is 0.414 e. The van der Waals surface area contributed by atoms with Crippen molar-refractivity contribution < 1.29 is 28.5 Å². The molecule has 0 bridgehead atoms. The van der Waals surface area contributed by atoms with E-state index in [0.29, 0.717) is 42.8 Å². The number of aromatic nitrogens is 1. The normalized spacial score (nSPS) is 17.1. The molecule has 0 spiro atoms. The molecule has 1 aromatic heterocycles. The number of ether oxygens (including phenoxy) is 4. The van der Waals surface area contributed by atoms with Gasteiger partial charge in [0.25, 0.3) is 0 Å². The molecule has 2 aliphatic rings. The van der Waals surface area contributed by atoms with E-state index in [4.69, 9.17) is 18.9 Å². The molecule has 5 rings (SSSR count). The van der Waals surface area contributed by atoms with Crippen LogP contribution in [0, 0.1) is 0 Å². The van der Waals surface area contributed by atoms with Crippen LogP contribution in [-0.4, -0.2) is 56.5 Å². The zero-order chi connectivity index (χ0) is 23.5. The summed E-state index contributed by atoms with van der Waals surface area (Å²) in [7, 11) is 1.56. The molecule has 1 N–H and O–H groups in total. The Morgan fingerprint density at radius 1 is 1.18 bits per heavy atom. The largest absolute Gasteiger partial charge is 0.486 e. The van der Waals surface area contributed by atoms with Crippen molar-refractivity contribution in [1.82, 2.24) is 10.3 Å². The SMILES string of the molecule is COc1ccc2cccc(C=CC(=O)NCC3CN(c4ccc5c(c4)OCCO5)C(=O)O3)c2n1. The summed E-state index contributed by atoms with van der Waals surface area (Å²) in [6.07, 6.45) is 2.20. The first-order chi connectivity index (χ1) is 16.6. The van der Waals surface area contributed by atoms with Crippen LogP contribution < -0.4 is 24.4 Å². The lowest BCUT2D eigenvalue weighted by Gasteiger charge is -2.21. The number of amides is 2. The number of fused-ring (bicyclic) bond motifs is 2. The lowest BCUT2D eigenvalue weighted by molar-refractivity contribution is -0.116. The van der Waals surface area contributed by atoms with Crippen molar-refractivity contribution in [2.24, 2.45) is 0 Å². The number of hydrogen-bond acceptors (Lipinski definition) is 7. The van der Waals surface area contributed by atoms with E-state index in [-0.39, 0.29) is 12.5 Å². The van der Waals surface area contributed by atoms with Crippen LogP contribution in [0.3, 0.4) is 0 Å². The molecule has 1 unspecified atom stereocenters. The number of nitrogens with one attached hydrogen (secondary N) is 1. The number of cyclic esters (lactones) is 1. The molecule has 9 nitrogen and oxygen atoms in total. The van der Waals surface area contributed by atoms with Crippen molar-refractivity contribution in [2.75, 3.05) is 38.3 Å². The Kier molecular flexibility index (Phi) is 5.90. The molecule has 2 aromatic carbocycles. The van der Waals surface area contributed by atoms with Gasteiger partial charge in [-0.2, -0.15) is 0 Å². The monoisotopic (exact) mass is 461 g/mol. The number of hydrogen-bond donors (Lipinski definition) is 1. The predicted octanol–water partition coefficient (Wildman–Crippen LogP) is 3.17. The Morgan fingerprint density at radius 3 is 2.88 bits per heavy atom. The molecular formula is C25H23N3O6. The summed E-state index contributed by atoms with van der Waals surface area (Å²) in [5, 5.41) is 3.73. The van der Waals surface area contributed by atoms with Gasteiger partial charge in [-0.1, -0.05) is 18.2 Å². The topological polar surface area (TPSA) is 99.2 Å². The van der Waals surface area contributed by atoms with Crippen molar-refractivity contribution in [2.45, 2.75) is 6.10 Å². The second-order valence-electron chi connectivity index (χ2n) is 7.80. The first-order valence-electron chi connectivity index (χ1n) is 10.9. The van der Waals surface area contributed by atoms with E-state index in [1.807, 2.05) is 24.3 Å². The number of para-hydroxylation sites is 1. The third-order valence-corrected chi connectivity index (χ3v) is 5.56. The molecule has 2 aliphatic heterocycles. The van der Waals surface area contributed by atoms with Crippen molar-refractivity contribution in [3.8, 4) is 17.4 Å². The lowest BCUT2D eigenvalue weighted by atomic mass is 10.1. The first-order valence-corrected chi connectivity index (χ1v) is 10.9. The van der Waals surface area contributed by atoms with E-state index < -0.39 is 12.2 Å². The number of anilines is 1. The Balaban J connectivity index is 1.20. The average molecular weight is 461 g/mol. The maximum absolute atomic E-state index is 12.4. The van der Waals surface area contributed by atoms with Gasteiger partial charge in [0.05, 0.1) is 31.4 Å². The van der Waals surface area contributed by atoms with Gasteiger partial charge in [-0.25, -0.2) is 9.78 Å². The summed E-state index contributed by atoms with van der Waals surface area (Å²) in [5.41, 5.74) is 2.19. The van der Waals surface area contributed by atoms with Crippen LogP contribution >= 0.6 is 0 Å². The summed E-state index contributed by atoms with van der Waals surface area (Å²) < 4.78 is 21.7. The van der Waals surface area contributed by atoms with E-state index in [2.05, 4.69) is 10.3 Å². The van der Waals surface area contributed by atoms with Gasteiger partial charge in [0.1, 0.15) is 19.3 Å². The number of carbonyl (C=O) groups is 2. The van der Waals surface area contributed by atoms with E-state index >= 15 is 0 Å². The highest BCUT2D eigenvalue weighted by Crippen LogP contribution is 2.35. The number of nitrogens with zero attached hydrogens (tertiary/aromatic N) is 2. The second kappa shape index (κ2) is 9.30. The fourth-order valence-corrected chi connectivity index (χ4v) is 3.88. The maximum Gasteiger partial charge on any atom is 0.414 e. The number of rotatable bonds is 6. The van der Waals surface area contributed by atoms with Crippen LogP contribution in [0.15, 0.2) is 54.6 Å². The number of methoxy groups -OCH3 is 1. The van der Waals surface area contributed by atoms with Gasteiger partial charge < -0.3 is 24.3 Å². The summed E-state index contributed by atoms with van der Waals surface area (Å²) in [5.74, 6) is 1.45. The van der Waals surface area contributed by atoms with Gasteiger partial charge in [-0.15, -0.1) is 0 Å². The first kappa shape index (κ1) is 21.6. The number of pyridine rings is 1. The Morgan fingerprint density at radius 2 is 2.03 bits per heavy atom. The molecule has 9 heteroatoms. The molecule has 1 saturated heterocycles. The van der Waals surface area contributed by atoms with Gasteiger partial charge in [-0.3, -0.25) is 9.69 Å². The van der Waals surface area contributed by atoms with Gasteiger partial charge in [0, 0.05) is 29.2 Å². The Bertz CT molecular complexity index is 1270. The van der Waals surface area contributed by atoms with E-state index in [9.17, 15) is 9.59 Å². The van der Waals surface area contributed by atoms with Crippen LogP contribution in [0.25, 0.3) is 17.0 Å². The molecule has 3 heterocycles. The number of benzene rings is 2. The number of carbonyl (C=O) groups excluding carboxylic acids is 2. The minimum Gasteiger partial charge on any atom is -0.486 e. The summed E-state index contributed by atoms with van der Waals surface area (Å²) in [6, 6.07) is 14.7. The molecular weight excluding hydrogens is 438 g/mol. The molecule has 2 amide bonds. The van der Waals surface area contributed by atoms with Crippen LogP contribution in [-0.2, 0) is 9.53 Å². The fraction of sp³-hybridized carbons (Fsp3) is 0.240. The quantitative estimate of drug-likeness (QED) is 0.563. The van der Waals surface area contributed by atoms with E-state index in [1.165, 1.54) is 11.0 Å². The molecule has 1 fully saturated rings. The average Bonchev–Trinajstić information content (AvgIpc) is 3.25. The fourth-order valence-electron chi connectivity index (χ4n) is 3.88. The Labute approximate surface area is 195 Å². The van der Waals surface area contributed by atoms with Gasteiger partial charge >= 0.3 is 6.09 Å². The van der Waals surface area contributed by atoms with Crippen molar-refractivity contribution in [1.29, 1.82) is 0 Å². The van der Waals surface area contributed by atoms with Gasteiger partial charge in [0.15, 0.2) is 11.5 Å². The molecule has 34 heavy (non-hydrogen) atoms. The molecule has 174 valence electrons. The Hall–Kier alpha value is -4.27. The summed E-state index contributed by atoms with van der Waals surface area (Å²) in [6.45, 7) is 1.47. The van der Waals surface area contributed by atoms with Gasteiger partial charge in [-0.05, 0) is 24.3 Å². The summed E-state index contributed by atoms with van der Waals surface area (Å²) >= 11 is 0. The van der Waals surface area contributed by atoms with Gasteiger partial charge in [0.2, 0.25) is 11.8 Å². The lowest BCUT2D eigenvalue weighted by Crippen LogP contribution is -2.33. The second-order valence-corrected chi connectivity index (χ2v) is 7.80. The van der Waals surface area contributed by atoms with Crippen molar-refractivity contribution in [3.63, 3.8) is 0 Å². The van der Waals surface area contributed by atoms with Crippen LogP contribution in [0.4, 0.5) is 10.5 Å². The maximum atomic E-state index is 12.4. The zero-order valence-corrected chi connectivity index (χ0v) is 18.5. The van der Waals surface area contributed by atoms with Crippen molar-refractivity contribution >= 4 is 34.7 Å². The van der Waals surface area contributed by atoms with Crippen LogP contribution in [0.1, 0.15) is 5.56 Å². The van der Waals surface area contributed by atoms with Crippen LogP contribution in [0.2, 0.25) is 0 Å². The third-order valence-electron chi connectivity index (χ3n) is 5.56. The van der Waals surface area contributed by atoms with Crippen molar-refractivity contribution in [3.05, 3.63) is 60.2 Å². The minimum absolute atomic E-state index is 0.192. The third kappa shape index (κ3) is 4.45. The zero-order valence-electron chi connectivity index (χ0n) is 18.5. The summed E-state index contributed by atoms with van der Waals surface area (Å²) in [4.78, 5) is 30.8. The van der Waals surface area contributed by atoms with E-state index in [0.717, 1.165) is 16.5 Å². The van der Waals surface area contributed by atoms with E-state index in [1.54, 1.807) is 37.5 Å². The molecule has 0 saturated carbocycles. The minimum atomic E-state index is -0.471. The molecule has 3 aromatic rings. The standard InChI is InChI=1S/C25H23N3O6/c1-31-23-10-6-17-4-2-3-16(24(17)27-23)5-9-22(29)26-14-19-15-28(25(30)34-19)18-7-8-20-21(13-18)33-12-11-32-20/h2-10,13,19H,11-12,14-15H2,1H3,(H,26,29).